The molecule has 0 spiro atoms. The number of terminal acetylenes is 6. The van der Waals surface area contributed by atoms with Crippen molar-refractivity contribution < 1.29 is 9.47 Å². The first kappa shape index (κ1) is 42.0. The summed E-state index contributed by atoms with van der Waals surface area (Å²) in [6, 6.07) is 43.4. The third-order valence-corrected chi connectivity index (χ3v) is 15.2. The van der Waals surface area contributed by atoms with Crippen LogP contribution in [0.3, 0.4) is 0 Å². The molecule has 8 aromatic rings. The zero-order chi connectivity index (χ0) is 46.9. The van der Waals surface area contributed by atoms with Crippen LogP contribution in [-0.2, 0) is 23.9 Å². The second-order valence-electron chi connectivity index (χ2n) is 18.2. The molecule has 0 bridgehead atoms. The molecule has 0 radical (unpaired) electrons. The fourth-order valence-electron chi connectivity index (χ4n) is 12.6. The largest absolute Gasteiger partial charge is 0.497 e. The maximum atomic E-state index is 6.40. The van der Waals surface area contributed by atoms with Crippen molar-refractivity contribution in [3.05, 3.63) is 177 Å². The average Bonchev–Trinajstić information content (AvgIpc) is 4.03. The first-order valence-corrected chi connectivity index (χ1v) is 22.9. The Morgan fingerprint density at radius 3 is 1.19 bits per heavy atom. The predicted molar refractivity (Wildman–Crippen MR) is 276 cm³/mol. The molecule has 68 heavy (non-hydrogen) atoms. The van der Waals surface area contributed by atoms with Gasteiger partial charge in [0.1, 0.15) is 11.5 Å². The molecule has 3 aliphatic carbocycles. The van der Waals surface area contributed by atoms with Crippen LogP contribution in [0.5, 0.6) is 11.5 Å². The van der Waals surface area contributed by atoms with E-state index in [1.165, 1.54) is 0 Å². The van der Waals surface area contributed by atoms with E-state index in [0.29, 0.717) is 38.8 Å². The summed E-state index contributed by atoms with van der Waals surface area (Å²) in [6.45, 7) is 0.648. The van der Waals surface area contributed by atoms with E-state index in [1.807, 2.05) is 12.1 Å². The van der Waals surface area contributed by atoms with Crippen molar-refractivity contribution in [2.75, 3.05) is 14.2 Å². The number of hydrogen-bond donors (Lipinski definition) is 0. The highest BCUT2D eigenvalue weighted by Gasteiger charge is 2.48. The lowest BCUT2D eigenvalue weighted by molar-refractivity contribution is 0.415. The molecular weight excluding hydrogens is 829 g/mol. The summed E-state index contributed by atoms with van der Waals surface area (Å²) in [5.74, 6) is 19.0. The summed E-state index contributed by atoms with van der Waals surface area (Å²) in [5.41, 5.74) is 16.6. The quantitative estimate of drug-likeness (QED) is 0.128. The van der Waals surface area contributed by atoms with Crippen molar-refractivity contribution in [1.82, 2.24) is 9.13 Å². The summed E-state index contributed by atoms with van der Waals surface area (Å²) in [6.07, 6.45) is 39.7. The van der Waals surface area contributed by atoms with Gasteiger partial charge in [-0.25, -0.2) is 0 Å². The number of methoxy groups -OCH3 is 2. The van der Waals surface area contributed by atoms with Gasteiger partial charge in [-0.1, -0.05) is 96.8 Å². The number of rotatable bonds is 10. The Morgan fingerprint density at radius 2 is 0.824 bits per heavy atom. The zero-order valence-corrected chi connectivity index (χ0v) is 38.1. The Labute approximate surface area is 399 Å². The first-order chi connectivity index (χ1) is 33.4. The molecule has 3 aliphatic rings. The van der Waals surface area contributed by atoms with Gasteiger partial charge in [0.25, 0.3) is 0 Å². The number of aromatic nitrogens is 2. The Balaban J connectivity index is 1.30. The molecule has 0 saturated heterocycles. The van der Waals surface area contributed by atoms with Crippen LogP contribution in [0.4, 0.5) is 0 Å². The normalized spacial score (nSPS) is 16.0. The standard InChI is InChI=1S/C64H46N2O2/c1-9-31-63(32-10-2)51-21-17-15-19-45(51)47-27-23-41(37-53(47)63)57-59-49-39-43(67-7)25-29-55(49)66(36-14-6)62(59)58(60-50-40-44(68-8)26-30-56(50)65(35-13-5)61(57)60)42-24-28-48-46-20-16-18-22-52(46)64(33-11-3,34-12-4)54(48)38-42/h1-6,15-30,37-40,57-58H,31-36H2,7-8H3. The van der Waals surface area contributed by atoms with Gasteiger partial charge in [0.2, 0.25) is 0 Å². The number of ether oxygens (including phenoxy) is 2. The lowest BCUT2D eigenvalue weighted by Gasteiger charge is -2.35. The Bertz CT molecular complexity index is 3440. The number of fused-ring (bicyclic) bond motifs is 12. The maximum Gasteiger partial charge on any atom is 0.119 e. The van der Waals surface area contributed by atoms with Gasteiger partial charge < -0.3 is 18.6 Å². The second kappa shape index (κ2) is 16.1. The molecule has 2 heterocycles. The van der Waals surface area contributed by atoms with E-state index in [1.54, 1.807) is 14.2 Å². The zero-order valence-electron chi connectivity index (χ0n) is 38.1. The monoisotopic (exact) mass is 874 g/mol. The van der Waals surface area contributed by atoms with Crippen LogP contribution >= 0.6 is 0 Å². The first-order valence-electron chi connectivity index (χ1n) is 22.9. The lowest BCUT2D eigenvalue weighted by Crippen LogP contribution is -2.27. The minimum Gasteiger partial charge on any atom is -0.497 e. The molecule has 11 rings (SSSR count). The summed E-state index contributed by atoms with van der Waals surface area (Å²) >= 11 is 0. The highest BCUT2D eigenvalue weighted by Crippen LogP contribution is 2.60. The van der Waals surface area contributed by atoms with E-state index in [-0.39, 0.29) is 11.8 Å². The van der Waals surface area contributed by atoms with Gasteiger partial charge in [-0.05, 0) is 103 Å². The molecule has 4 heteroatoms. The smallest absolute Gasteiger partial charge is 0.119 e. The predicted octanol–water partition coefficient (Wildman–Crippen LogP) is 12.2. The van der Waals surface area contributed by atoms with Gasteiger partial charge >= 0.3 is 0 Å². The van der Waals surface area contributed by atoms with E-state index in [4.69, 9.17) is 48.0 Å². The summed E-state index contributed by atoms with van der Waals surface area (Å²) in [5, 5.41) is 2.07. The van der Waals surface area contributed by atoms with Gasteiger partial charge in [0, 0.05) is 69.7 Å². The molecule has 0 saturated carbocycles. The summed E-state index contributed by atoms with van der Waals surface area (Å²) in [4.78, 5) is 0. The van der Waals surface area contributed by atoms with Crippen LogP contribution in [0.2, 0.25) is 0 Å². The van der Waals surface area contributed by atoms with E-state index < -0.39 is 10.8 Å². The molecule has 4 nitrogen and oxygen atoms in total. The topological polar surface area (TPSA) is 28.3 Å². The third kappa shape index (κ3) is 5.66. The van der Waals surface area contributed by atoms with Gasteiger partial charge in [0.15, 0.2) is 0 Å². The van der Waals surface area contributed by atoms with Crippen molar-refractivity contribution in [1.29, 1.82) is 0 Å². The van der Waals surface area contributed by atoms with Gasteiger partial charge in [-0.2, -0.15) is 0 Å². The van der Waals surface area contributed by atoms with Crippen molar-refractivity contribution in [3.63, 3.8) is 0 Å². The summed E-state index contributed by atoms with van der Waals surface area (Å²) < 4.78 is 16.7. The fraction of sp³-hybridized carbons (Fsp3) is 0.188. The molecule has 2 atom stereocenters. The Hall–Kier alpha value is -8.64. The minimum absolute atomic E-state index is 0.324. The van der Waals surface area contributed by atoms with Crippen LogP contribution in [0.25, 0.3) is 44.1 Å². The fourth-order valence-corrected chi connectivity index (χ4v) is 12.6. The van der Waals surface area contributed by atoms with E-state index in [0.717, 1.165) is 111 Å². The molecule has 2 aromatic heterocycles. The number of nitrogens with zero attached hydrogens (tertiary/aromatic N) is 2. The highest BCUT2D eigenvalue weighted by molar-refractivity contribution is 5.96. The highest BCUT2D eigenvalue weighted by atomic mass is 16.5. The van der Waals surface area contributed by atoms with E-state index in [9.17, 15) is 0 Å². The molecule has 0 fully saturated rings. The molecule has 6 aromatic carbocycles. The van der Waals surface area contributed by atoms with Crippen LogP contribution in [0.15, 0.2) is 121 Å². The Kier molecular flexibility index (Phi) is 9.92. The van der Waals surface area contributed by atoms with E-state index >= 15 is 0 Å². The van der Waals surface area contributed by atoms with Crippen molar-refractivity contribution in [2.45, 2.75) is 61.4 Å². The molecule has 0 N–H and O–H groups in total. The SMILES string of the molecule is C#CCn1c2c(c3cc(OC)ccc31)C(c1ccc3c(c1)C(CC#C)(CC#C)c1ccccc1-3)c1c(c3cc(OC)ccc3n1CC#C)C2c1ccc2c(c1)C(CC#C)(CC#C)c1ccccc1-2. The van der Waals surface area contributed by atoms with Gasteiger partial charge in [-0.3, -0.25) is 0 Å². The van der Waals surface area contributed by atoms with E-state index in [2.05, 4.69) is 154 Å². The number of benzene rings is 6. The second-order valence-corrected chi connectivity index (χ2v) is 18.2. The van der Waals surface area contributed by atoms with Crippen LogP contribution in [-0.4, -0.2) is 23.4 Å². The number of hydrogen-bond acceptors (Lipinski definition) is 2. The van der Waals surface area contributed by atoms with Crippen molar-refractivity contribution in [3.8, 4) is 108 Å². The minimum atomic E-state index is -0.584. The van der Waals surface area contributed by atoms with Gasteiger partial charge in [-0.15, -0.1) is 62.2 Å². The molecule has 2 unspecified atom stereocenters. The van der Waals surface area contributed by atoms with Crippen molar-refractivity contribution >= 4 is 21.8 Å². The van der Waals surface area contributed by atoms with Crippen LogP contribution in [0, 0.1) is 74.1 Å². The Morgan fingerprint density at radius 1 is 0.441 bits per heavy atom. The average molecular weight is 875 g/mol. The third-order valence-electron chi connectivity index (χ3n) is 15.2. The van der Waals surface area contributed by atoms with Crippen LogP contribution < -0.4 is 9.47 Å². The molecular formula is C64H46N2O2. The molecule has 0 amide bonds. The lowest BCUT2D eigenvalue weighted by atomic mass is 9.69. The van der Waals surface area contributed by atoms with Gasteiger partial charge in [0.05, 0.1) is 39.1 Å². The molecule has 324 valence electrons. The molecule has 0 aliphatic heterocycles. The van der Waals surface area contributed by atoms with Crippen molar-refractivity contribution in [2.24, 2.45) is 0 Å². The van der Waals surface area contributed by atoms with Crippen LogP contribution in [0.1, 0.15) is 93.4 Å². The maximum absolute atomic E-state index is 6.40. The summed E-state index contributed by atoms with van der Waals surface area (Å²) in [7, 11) is 3.41.